The molecule has 1 aromatic rings. The number of hydrogen-bond acceptors (Lipinski definition) is 4. The van der Waals surface area contributed by atoms with Crippen LogP contribution in [0.1, 0.15) is 43.5 Å². The van der Waals surface area contributed by atoms with E-state index in [-0.39, 0.29) is 18.1 Å². The van der Waals surface area contributed by atoms with Gasteiger partial charge in [-0.15, -0.1) is 0 Å². The Hall–Kier alpha value is -1.11. The van der Waals surface area contributed by atoms with Crippen molar-refractivity contribution in [3.63, 3.8) is 0 Å². The van der Waals surface area contributed by atoms with Gasteiger partial charge in [-0.3, -0.25) is 4.79 Å². The van der Waals surface area contributed by atoms with Crippen LogP contribution in [0.2, 0.25) is 0 Å². The molecule has 0 atom stereocenters. The van der Waals surface area contributed by atoms with E-state index in [0.29, 0.717) is 37.6 Å². The molecule has 2 rings (SSSR count). The van der Waals surface area contributed by atoms with E-state index in [0.717, 1.165) is 23.7 Å². The molecule has 1 aliphatic rings. The molecule has 24 heavy (non-hydrogen) atoms. The maximum absolute atomic E-state index is 12.9. The first-order chi connectivity index (χ1) is 11.5. The van der Waals surface area contributed by atoms with Crippen LogP contribution in [0.15, 0.2) is 22.7 Å². The fourth-order valence-electron chi connectivity index (χ4n) is 2.75. The minimum Gasteiger partial charge on any atom is -0.490 e. The number of rotatable bonds is 7. The van der Waals surface area contributed by atoms with E-state index in [1.807, 2.05) is 36.9 Å². The zero-order valence-electron chi connectivity index (χ0n) is 14.5. The monoisotopic (exact) mass is 398 g/mol. The lowest BCUT2D eigenvalue weighted by atomic mass is 10.1. The van der Waals surface area contributed by atoms with Crippen LogP contribution in [-0.4, -0.2) is 49.3 Å². The lowest BCUT2D eigenvalue weighted by molar-refractivity contribution is 0.00834. The second-order valence-corrected chi connectivity index (χ2v) is 7.23. The number of ether oxygens (including phenoxy) is 2. The van der Waals surface area contributed by atoms with Crippen molar-refractivity contribution in [1.82, 2.24) is 4.90 Å². The molecule has 0 spiro atoms. The molecule has 1 aromatic carbocycles. The topological polar surface area (TPSA) is 64.8 Å². The van der Waals surface area contributed by atoms with Gasteiger partial charge in [0, 0.05) is 24.2 Å². The van der Waals surface area contributed by atoms with Crippen molar-refractivity contribution < 1.29 is 14.3 Å². The number of halogens is 1. The normalized spacial score (nSPS) is 15.8. The molecule has 0 aromatic heterocycles. The summed E-state index contributed by atoms with van der Waals surface area (Å²) in [5.41, 5.74) is 6.10. The molecule has 1 heterocycles. The number of nitrogens with zero attached hydrogens (tertiary/aromatic N) is 1. The first kappa shape index (κ1) is 19.2. The van der Waals surface area contributed by atoms with E-state index in [1.165, 1.54) is 0 Å². The Labute approximate surface area is 152 Å². The molecular weight excluding hydrogens is 372 g/mol. The van der Waals surface area contributed by atoms with Gasteiger partial charge in [-0.05, 0) is 57.9 Å². The summed E-state index contributed by atoms with van der Waals surface area (Å²) in [5, 5.41) is 0. The van der Waals surface area contributed by atoms with Crippen molar-refractivity contribution in [1.29, 1.82) is 0 Å². The number of hydrogen-bond donors (Lipinski definition) is 1. The van der Waals surface area contributed by atoms with Crippen molar-refractivity contribution in [3.05, 3.63) is 28.2 Å². The second-order valence-electron chi connectivity index (χ2n) is 6.31. The third-order valence-corrected chi connectivity index (χ3v) is 4.46. The van der Waals surface area contributed by atoms with Gasteiger partial charge in [0.25, 0.3) is 5.91 Å². The highest BCUT2D eigenvalue weighted by Gasteiger charge is 2.26. The summed E-state index contributed by atoms with van der Waals surface area (Å²) in [5.74, 6) is 0.657. The van der Waals surface area contributed by atoms with Crippen LogP contribution >= 0.6 is 15.9 Å². The number of amides is 1. The molecule has 0 aliphatic carbocycles. The van der Waals surface area contributed by atoms with Gasteiger partial charge in [-0.1, -0.05) is 15.9 Å². The summed E-state index contributed by atoms with van der Waals surface area (Å²) >= 11 is 3.44. The summed E-state index contributed by atoms with van der Waals surface area (Å²) in [6, 6.07) is 5.56. The van der Waals surface area contributed by atoms with Crippen LogP contribution in [0.3, 0.4) is 0 Å². The van der Waals surface area contributed by atoms with Gasteiger partial charge in [0.1, 0.15) is 5.75 Å². The summed E-state index contributed by atoms with van der Waals surface area (Å²) in [6.07, 6.45) is 2.87. The van der Waals surface area contributed by atoms with E-state index >= 15 is 0 Å². The summed E-state index contributed by atoms with van der Waals surface area (Å²) in [6.45, 7) is 6.69. The van der Waals surface area contributed by atoms with Crippen LogP contribution in [0.25, 0.3) is 0 Å². The largest absolute Gasteiger partial charge is 0.490 e. The second kappa shape index (κ2) is 9.39. The van der Waals surface area contributed by atoms with Crippen molar-refractivity contribution in [2.75, 3.05) is 26.2 Å². The highest BCUT2D eigenvalue weighted by molar-refractivity contribution is 9.10. The summed E-state index contributed by atoms with van der Waals surface area (Å²) < 4.78 is 12.5. The molecule has 2 N–H and O–H groups in total. The van der Waals surface area contributed by atoms with Gasteiger partial charge in [0.15, 0.2) is 0 Å². The lowest BCUT2D eigenvalue weighted by Gasteiger charge is -2.32. The van der Waals surface area contributed by atoms with Crippen molar-refractivity contribution in [3.8, 4) is 5.75 Å². The first-order valence-corrected chi connectivity index (χ1v) is 9.37. The third kappa shape index (κ3) is 5.46. The Morgan fingerprint density at radius 1 is 1.38 bits per heavy atom. The fraction of sp³-hybridized carbons (Fsp3) is 0.611. The van der Waals surface area contributed by atoms with E-state index < -0.39 is 0 Å². The smallest absolute Gasteiger partial charge is 0.257 e. The van der Waals surface area contributed by atoms with Crippen molar-refractivity contribution >= 4 is 21.8 Å². The van der Waals surface area contributed by atoms with E-state index in [9.17, 15) is 4.79 Å². The fourth-order valence-corrected chi connectivity index (χ4v) is 3.09. The van der Waals surface area contributed by atoms with Crippen molar-refractivity contribution in [2.24, 2.45) is 5.73 Å². The average Bonchev–Trinajstić information content (AvgIpc) is 2.55. The Balaban J connectivity index is 1.98. The van der Waals surface area contributed by atoms with Crippen molar-refractivity contribution in [2.45, 2.75) is 45.3 Å². The summed E-state index contributed by atoms with van der Waals surface area (Å²) in [7, 11) is 0. The highest BCUT2D eigenvalue weighted by Crippen LogP contribution is 2.27. The van der Waals surface area contributed by atoms with Crippen LogP contribution in [-0.2, 0) is 4.74 Å². The number of carbonyl (C=O) groups excluding carboxylic acids is 1. The van der Waals surface area contributed by atoms with Gasteiger partial charge in [-0.2, -0.15) is 0 Å². The Bertz CT molecular complexity index is 543. The Morgan fingerprint density at radius 3 is 2.71 bits per heavy atom. The lowest BCUT2D eigenvalue weighted by Crippen LogP contribution is -2.41. The number of piperidine rings is 1. The zero-order chi connectivity index (χ0) is 17.5. The van der Waals surface area contributed by atoms with Gasteiger partial charge in [-0.25, -0.2) is 0 Å². The van der Waals surface area contributed by atoms with Gasteiger partial charge < -0.3 is 20.1 Å². The minimum atomic E-state index is 0.0209. The maximum Gasteiger partial charge on any atom is 0.257 e. The molecule has 134 valence electrons. The molecule has 6 heteroatoms. The van der Waals surface area contributed by atoms with Gasteiger partial charge in [0.05, 0.1) is 17.8 Å². The molecule has 1 aliphatic heterocycles. The van der Waals surface area contributed by atoms with Gasteiger partial charge >= 0.3 is 0 Å². The molecule has 1 amide bonds. The van der Waals surface area contributed by atoms with E-state index in [2.05, 4.69) is 15.9 Å². The molecule has 1 fully saturated rings. The van der Waals surface area contributed by atoms with Crippen LogP contribution in [0.5, 0.6) is 5.75 Å². The van der Waals surface area contributed by atoms with E-state index in [1.54, 1.807) is 0 Å². The molecule has 0 radical (unpaired) electrons. The summed E-state index contributed by atoms with van der Waals surface area (Å²) in [4.78, 5) is 14.7. The quantitative estimate of drug-likeness (QED) is 0.716. The molecule has 0 unspecified atom stereocenters. The average molecular weight is 399 g/mol. The number of nitrogens with two attached hydrogens (primary N) is 1. The Morgan fingerprint density at radius 2 is 2.08 bits per heavy atom. The molecule has 1 saturated heterocycles. The standard InChI is InChI=1S/C18H27BrN2O3/c1-13(2)24-17-12-14(19)4-5-16(17)18(22)21-9-6-15(7-10-21)23-11-3-8-20/h4-5,12-13,15H,3,6-11,20H2,1-2H3. The third-order valence-electron chi connectivity index (χ3n) is 3.97. The Kier molecular flexibility index (Phi) is 7.52. The number of likely N-dealkylation sites (tertiary alicyclic amines) is 1. The predicted molar refractivity (Wildman–Crippen MR) is 98.5 cm³/mol. The predicted octanol–water partition coefficient (Wildman–Crippen LogP) is 3.21. The number of carbonyl (C=O) groups is 1. The SMILES string of the molecule is CC(C)Oc1cc(Br)ccc1C(=O)N1CCC(OCCCN)CC1. The van der Waals surface area contributed by atoms with Crippen LogP contribution < -0.4 is 10.5 Å². The van der Waals surface area contributed by atoms with Gasteiger partial charge in [0.2, 0.25) is 0 Å². The molecule has 5 nitrogen and oxygen atoms in total. The highest BCUT2D eigenvalue weighted by atomic mass is 79.9. The van der Waals surface area contributed by atoms with Crippen LogP contribution in [0.4, 0.5) is 0 Å². The molecule has 0 bridgehead atoms. The molecule has 0 saturated carbocycles. The molecular formula is C18H27BrN2O3. The van der Waals surface area contributed by atoms with Crippen LogP contribution in [0, 0.1) is 0 Å². The maximum atomic E-state index is 12.9. The number of benzene rings is 1. The zero-order valence-corrected chi connectivity index (χ0v) is 16.0. The minimum absolute atomic E-state index is 0.0209. The van der Waals surface area contributed by atoms with E-state index in [4.69, 9.17) is 15.2 Å². The first-order valence-electron chi connectivity index (χ1n) is 8.58.